The number of para-hydroxylation sites is 1. The maximum atomic E-state index is 13.2. The number of fused-ring (bicyclic) bond motifs is 1. The molecule has 1 heterocycles. The van der Waals surface area contributed by atoms with Gasteiger partial charge in [-0.05, 0) is 30.9 Å². The Morgan fingerprint density at radius 1 is 0.837 bits per heavy atom. The number of carbonyl (C=O) groups is 6. The van der Waals surface area contributed by atoms with Gasteiger partial charge in [-0.15, -0.1) is 0 Å². The summed E-state index contributed by atoms with van der Waals surface area (Å²) in [5.74, 6) is -7.14. The maximum Gasteiger partial charge on any atom is 0.326 e. The van der Waals surface area contributed by atoms with Crippen LogP contribution in [0.5, 0.6) is 0 Å². The maximum absolute atomic E-state index is 13.2. The summed E-state index contributed by atoms with van der Waals surface area (Å²) in [6.07, 6.45) is 0.0306. The Hall–Kier alpha value is -5.19. The van der Waals surface area contributed by atoms with Gasteiger partial charge >= 0.3 is 17.9 Å². The Balaban J connectivity index is 2.19. The predicted octanol–water partition coefficient (Wildman–Crippen LogP) is -2.03. The highest BCUT2D eigenvalue weighted by Gasteiger charge is 2.32. The molecule has 17 heteroatoms. The van der Waals surface area contributed by atoms with Crippen molar-refractivity contribution in [1.29, 1.82) is 0 Å². The molecule has 2 rings (SSSR count). The summed E-state index contributed by atoms with van der Waals surface area (Å²) < 4.78 is 0. The Labute approximate surface area is 245 Å². The molecule has 4 atom stereocenters. The van der Waals surface area contributed by atoms with E-state index in [0.717, 1.165) is 10.9 Å². The quantitative estimate of drug-likeness (QED) is 0.0500. The lowest BCUT2D eigenvalue weighted by Crippen LogP contribution is -2.57. The second-order valence-electron chi connectivity index (χ2n) is 9.67. The van der Waals surface area contributed by atoms with Gasteiger partial charge in [0.2, 0.25) is 17.7 Å². The third-order valence-corrected chi connectivity index (χ3v) is 6.31. The van der Waals surface area contributed by atoms with Gasteiger partial charge in [-0.2, -0.15) is 0 Å². The van der Waals surface area contributed by atoms with Crippen LogP contribution in [-0.4, -0.2) is 92.6 Å². The van der Waals surface area contributed by atoms with Crippen molar-refractivity contribution in [2.75, 3.05) is 6.54 Å². The van der Waals surface area contributed by atoms with Gasteiger partial charge in [-0.3, -0.25) is 29.0 Å². The monoisotopic (exact) mass is 604 g/mol. The predicted molar refractivity (Wildman–Crippen MR) is 152 cm³/mol. The number of nitrogens with two attached hydrogens (primary N) is 3. The number of H-pyrrole nitrogens is 1. The van der Waals surface area contributed by atoms with E-state index in [9.17, 15) is 39.0 Å². The van der Waals surface area contributed by atoms with Gasteiger partial charge in [0.1, 0.15) is 18.1 Å². The summed E-state index contributed by atoms with van der Waals surface area (Å²) in [7, 11) is 0. The minimum Gasteiger partial charge on any atom is -0.481 e. The summed E-state index contributed by atoms with van der Waals surface area (Å²) >= 11 is 0. The van der Waals surface area contributed by atoms with Crippen LogP contribution in [0, 0.1) is 0 Å². The van der Waals surface area contributed by atoms with Crippen LogP contribution in [0.3, 0.4) is 0 Å². The van der Waals surface area contributed by atoms with Crippen LogP contribution in [0.25, 0.3) is 10.9 Å². The first-order chi connectivity index (χ1) is 20.3. The average molecular weight is 605 g/mol. The molecule has 0 radical (unpaired) electrons. The van der Waals surface area contributed by atoms with E-state index >= 15 is 0 Å². The lowest BCUT2D eigenvalue weighted by atomic mass is 10.0. The fourth-order valence-corrected chi connectivity index (χ4v) is 4.11. The van der Waals surface area contributed by atoms with E-state index < -0.39 is 72.6 Å². The van der Waals surface area contributed by atoms with Gasteiger partial charge < -0.3 is 53.5 Å². The van der Waals surface area contributed by atoms with E-state index in [2.05, 4.69) is 25.9 Å². The molecular weight excluding hydrogens is 568 g/mol. The zero-order chi connectivity index (χ0) is 32.1. The molecule has 1 aromatic heterocycles. The highest BCUT2D eigenvalue weighted by Crippen LogP contribution is 2.19. The minimum atomic E-state index is -1.72. The number of aliphatic carboxylic acids is 3. The van der Waals surface area contributed by atoms with E-state index in [1.165, 1.54) is 0 Å². The molecule has 13 N–H and O–H groups in total. The molecule has 234 valence electrons. The highest BCUT2D eigenvalue weighted by molar-refractivity contribution is 5.96. The molecule has 43 heavy (non-hydrogen) atoms. The lowest BCUT2D eigenvalue weighted by molar-refractivity contribution is -0.143. The molecule has 0 aliphatic carbocycles. The van der Waals surface area contributed by atoms with Crippen molar-refractivity contribution in [3.63, 3.8) is 0 Å². The largest absolute Gasteiger partial charge is 0.481 e. The van der Waals surface area contributed by atoms with Gasteiger partial charge in [0, 0.05) is 36.5 Å². The summed E-state index contributed by atoms with van der Waals surface area (Å²) in [5, 5.41) is 35.6. The fourth-order valence-electron chi connectivity index (χ4n) is 4.11. The van der Waals surface area contributed by atoms with Crippen molar-refractivity contribution >= 4 is 52.5 Å². The van der Waals surface area contributed by atoms with Crippen LogP contribution >= 0.6 is 0 Å². The number of carbonyl (C=O) groups excluding carboxylic acids is 3. The molecule has 0 fully saturated rings. The van der Waals surface area contributed by atoms with E-state index in [1.807, 2.05) is 0 Å². The van der Waals surface area contributed by atoms with E-state index in [1.54, 1.807) is 30.5 Å². The number of carboxylic acids is 3. The fraction of sp³-hybridized carbons (Fsp3) is 0.423. The number of hydrogen-bond donors (Lipinski definition) is 10. The smallest absolute Gasteiger partial charge is 0.326 e. The number of rotatable bonds is 18. The Morgan fingerprint density at radius 2 is 1.47 bits per heavy atom. The summed E-state index contributed by atoms with van der Waals surface area (Å²) in [6, 6.07) is 1.30. The SMILES string of the molecule is NC(N)=NCCCC(NC(=O)C(N)CCC(=O)O)C(=O)NC(CC(=O)O)C(=O)NC(Cc1c[nH]c2ccccc12)C(=O)O. The van der Waals surface area contributed by atoms with Gasteiger partial charge in [-0.25, -0.2) is 4.79 Å². The first-order valence-electron chi connectivity index (χ1n) is 13.2. The normalized spacial score (nSPS) is 13.6. The lowest BCUT2D eigenvalue weighted by Gasteiger charge is -2.24. The molecule has 0 saturated carbocycles. The Kier molecular flexibility index (Phi) is 12.9. The summed E-state index contributed by atoms with van der Waals surface area (Å²) in [5.41, 5.74) is 17.7. The zero-order valence-electron chi connectivity index (χ0n) is 23.1. The highest BCUT2D eigenvalue weighted by atomic mass is 16.4. The number of amides is 3. The molecule has 0 bridgehead atoms. The van der Waals surface area contributed by atoms with E-state index in [4.69, 9.17) is 22.3 Å². The average Bonchev–Trinajstić information content (AvgIpc) is 3.34. The van der Waals surface area contributed by atoms with Gasteiger partial charge in [-0.1, -0.05) is 18.2 Å². The number of benzene rings is 1. The molecule has 3 amide bonds. The molecular formula is C26H36N8O9. The molecule has 1 aromatic carbocycles. The second kappa shape index (κ2) is 16.3. The van der Waals surface area contributed by atoms with Crippen LogP contribution in [0.1, 0.15) is 37.7 Å². The Morgan fingerprint density at radius 3 is 2.09 bits per heavy atom. The van der Waals surface area contributed by atoms with Crippen LogP contribution in [0.2, 0.25) is 0 Å². The first kappa shape index (κ1) is 34.0. The minimum absolute atomic E-state index is 0.0697. The van der Waals surface area contributed by atoms with Crippen molar-refractivity contribution in [2.45, 2.75) is 62.7 Å². The first-order valence-corrected chi connectivity index (χ1v) is 13.2. The van der Waals surface area contributed by atoms with Crippen molar-refractivity contribution in [1.82, 2.24) is 20.9 Å². The van der Waals surface area contributed by atoms with Crippen molar-refractivity contribution < 1.29 is 44.1 Å². The third-order valence-electron chi connectivity index (χ3n) is 6.31. The van der Waals surface area contributed by atoms with Crippen molar-refractivity contribution in [2.24, 2.45) is 22.2 Å². The van der Waals surface area contributed by atoms with Gasteiger partial charge in [0.25, 0.3) is 0 Å². The zero-order valence-corrected chi connectivity index (χ0v) is 23.1. The third kappa shape index (κ3) is 11.3. The van der Waals surface area contributed by atoms with Crippen LogP contribution in [0.4, 0.5) is 0 Å². The number of hydrogen-bond acceptors (Lipinski definition) is 8. The number of aromatic nitrogens is 1. The standard InChI is InChI=1S/C26H36N8O9/c27-15(7-8-20(35)36)22(39)32-17(6-3-9-30-26(28)29)23(40)33-18(11-21(37)38)24(41)34-19(25(42)43)10-13-12-31-16-5-2-1-4-14(13)16/h1-2,4-5,12,15,17-19,31H,3,6-11,27H2,(H,32,39)(H,33,40)(H,34,41)(H,35,36)(H,37,38)(H,42,43)(H4,28,29,30). The number of aliphatic imine (C=N–C) groups is 1. The van der Waals surface area contributed by atoms with E-state index in [0.29, 0.717) is 5.56 Å². The number of nitrogens with one attached hydrogen (secondary N) is 4. The Bertz CT molecular complexity index is 1360. The molecule has 0 aliphatic rings. The number of nitrogens with zero attached hydrogens (tertiary/aromatic N) is 1. The van der Waals surface area contributed by atoms with Gasteiger partial charge in [0.05, 0.1) is 12.5 Å². The molecule has 0 aliphatic heterocycles. The molecule has 0 spiro atoms. The summed E-state index contributed by atoms with van der Waals surface area (Å²) in [6.45, 7) is 0.0697. The number of aromatic amines is 1. The van der Waals surface area contributed by atoms with Crippen LogP contribution in [0.15, 0.2) is 35.5 Å². The van der Waals surface area contributed by atoms with Crippen LogP contribution in [-0.2, 0) is 35.2 Å². The van der Waals surface area contributed by atoms with Crippen molar-refractivity contribution in [3.05, 3.63) is 36.0 Å². The molecule has 17 nitrogen and oxygen atoms in total. The summed E-state index contributed by atoms with van der Waals surface area (Å²) in [4.78, 5) is 79.9. The van der Waals surface area contributed by atoms with Crippen molar-refractivity contribution in [3.8, 4) is 0 Å². The number of guanidine groups is 1. The molecule has 0 saturated heterocycles. The van der Waals surface area contributed by atoms with Gasteiger partial charge in [0.15, 0.2) is 5.96 Å². The van der Waals surface area contributed by atoms with E-state index in [-0.39, 0.29) is 38.2 Å². The molecule has 2 aromatic rings. The molecule has 4 unspecified atom stereocenters. The number of carboxylic acid groups (broad SMARTS) is 3. The van der Waals surface area contributed by atoms with Crippen LogP contribution < -0.4 is 33.2 Å². The topological polar surface area (TPSA) is 305 Å². The second-order valence-corrected chi connectivity index (χ2v) is 9.67.